The first-order chi connectivity index (χ1) is 9.56. The Morgan fingerprint density at radius 1 is 1.60 bits per heavy atom. The Balaban J connectivity index is 2.24. The number of carbonyl (C=O) groups excluding carboxylic acids is 1. The third-order valence-electron chi connectivity index (χ3n) is 3.49. The van der Waals surface area contributed by atoms with Crippen molar-refractivity contribution < 1.29 is 9.53 Å². The van der Waals surface area contributed by atoms with Crippen molar-refractivity contribution in [1.82, 2.24) is 15.1 Å². The summed E-state index contributed by atoms with van der Waals surface area (Å²) in [6.45, 7) is 6.15. The molecule has 112 valence electrons. The van der Waals surface area contributed by atoms with Gasteiger partial charge in [-0.15, -0.1) is 0 Å². The van der Waals surface area contributed by atoms with Gasteiger partial charge in [0.2, 0.25) is 5.91 Å². The maximum Gasteiger partial charge on any atom is 0.245 e. The van der Waals surface area contributed by atoms with E-state index < -0.39 is 0 Å². The molecular weight excluding hydrogens is 258 g/mol. The summed E-state index contributed by atoms with van der Waals surface area (Å²) in [7, 11) is 1.84. The molecular formula is C13H23N5O2. The molecule has 7 nitrogen and oxygen atoms in total. The molecule has 1 atom stereocenters. The van der Waals surface area contributed by atoms with Crippen LogP contribution in [0.1, 0.15) is 19.0 Å². The number of carbonyl (C=O) groups is 1. The molecule has 1 aromatic heterocycles. The normalized spacial score (nSPS) is 19.1. The van der Waals surface area contributed by atoms with Crippen LogP contribution in [0.2, 0.25) is 0 Å². The largest absolute Gasteiger partial charge is 0.394 e. The second-order valence-corrected chi connectivity index (χ2v) is 5.02. The van der Waals surface area contributed by atoms with E-state index in [1.54, 1.807) is 4.68 Å². The Morgan fingerprint density at radius 3 is 2.95 bits per heavy atom. The van der Waals surface area contributed by atoms with Gasteiger partial charge >= 0.3 is 0 Å². The molecule has 2 heterocycles. The third-order valence-corrected chi connectivity index (χ3v) is 3.49. The number of anilines is 2. The zero-order valence-corrected chi connectivity index (χ0v) is 12.3. The number of hydrogen-bond donors (Lipinski definition) is 2. The van der Waals surface area contributed by atoms with Crippen molar-refractivity contribution in [2.75, 3.05) is 36.9 Å². The Labute approximate surface area is 119 Å². The molecule has 0 saturated carbocycles. The molecule has 1 saturated heterocycles. The molecule has 1 amide bonds. The summed E-state index contributed by atoms with van der Waals surface area (Å²) in [6.07, 6.45) is 0.909. The molecule has 7 heteroatoms. The zero-order chi connectivity index (χ0) is 14.7. The number of rotatable bonds is 4. The number of nitrogen functional groups attached to an aromatic ring is 1. The topological polar surface area (TPSA) is 85.4 Å². The molecule has 0 bridgehead atoms. The van der Waals surface area contributed by atoms with Crippen LogP contribution in [0.3, 0.4) is 0 Å². The van der Waals surface area contributed by atoms with E-state index in [1.165, 1.54) is 0 Å². The summed E-state index contributed by atoms with van der Waals surface area (Å²) in [6, 6.07) is -0.354. The van der Waals surface area contributed by atoms with Crippen LogP contribution in [0.25, 0.3) is 0 Å². The van der Waals surface area contributed by atoms with Crippen LogP contribution in [0.4, 0.5) is 11.5 Å². The highest BCUT2D eigenvalue weighted by molar-refractivity contribution is 5.86. The lowest BCUT2D eigenvalue weighted by Gasteiger charge is -2.36. The van der Waals surface area contributed by atoms with Crippen LogP contribution in [-0.4, -0.2) is 48.0 Å². The van der Waals surface area contributed by atoms with E-state index in [1.807, 2.05) is 25.8 Å². The fraction of sp³-hybridized carbons (Fsp3) is 0.692. The third kappa shape index (κ3) is 2.72. The Bertz CT molecular complexity index is 485. The summed E-state index contributed by atoms with van der Waals surface area (Å²) in [5.74, 6) is 0.771. The molecule has 1 fully saturated rings. The van der Waals surface area contributed by atoms with Gasteiger partial charge in [-0.25, -0.2) is 0 Å². The number of nitrogens with two attached hydrogens (primary N) is 1. The average molecular weight is 281 g/mol. The molecule has 1 aromatic rings. The molecule has 20 heavy (non-hydrogen) atoms. The van der Waals surface area contributed by atoms with E-state index >= 15 is 0 Å². The number of nitrogens with one attached hydrogen (secondary N) is 1. The van der Waals surface area contributed by atoms with Gasteiger partial charge in [-0.1, -0.05) is 6.92 Å². The Hall–Kier alpha value is -1.76. The summed E-state index contributed by atoms with van der Waals surface area (Å²) >= 11 is 0. The molecule has 0 aromatic carbocycles. The number of nitrogens with zero attached hydrogens (tertiary/aromatic N) is 3. The minimum atomic E-state index is -0.354. The van der Waals surface area contributed by atoms with Gasteiger partial charge < -0.3 is 20.7 Å². The lowest BCUT2D eigenvalue weighted by atomic mass is 10.2. The molecule has 0 spiro atoms. The first-order valence-electron chi connectivity index (χ1n) is 6.97. The summed E-state index contributed by atoms with van der Waals surface area (Å²) in [5, 5.41) is 7.24. The van der Waals surface area contributed by atoms with Gasteiger partial charge in [-0.2, -0.15) is 5.10 Å². The van der Waals surface area contributed by atoms with Crippen LogP contribution < -0.4 is 16.0 Å². The minimum absolute atomic E-state index is 0.0233. The van der Waals surface area contributed by atoms with E-state index in [2.05, 4.69) is 10.4 Å². The smallest absolute Gasteiger partial charge is 0.245 e. The van der Waals surface area contributed by atoms with E-state index in [0.29, 0.717) is 32.0 Å². The number of morpholine rings is 1. The number of hydrogen-bond acceptors (Lipinski definition) is 5. The van der Waals surface area contributed by atoms with Gasteiger partial charge in [0.1, 0.15) is 6.04 Å². The second-order valence-electron chi connectivity index (χ2n) is 5.02. The molecule has 3 N–H and O–H groups in total. The van der Waals surface area contributed by atoms with Crippen molar-refractivity contribution in [3.05, 3.63) is 5.69 Å². The van der Waals surface area contributed by atoms with Crippen molar-refractivity contribution in [3.8, 4) is 0 Å². The molecule has 0 radical (unpaired) electrons. The van der Waals surface area contributed by atoms with Crippen molar-refractivity contribution in [2.45, 2.75) is 26.3 Å². The number of aryl methyl sites for hydroxylation is 2. The van der Waals surface area contributed by atoms with Gasteiger partial charge in [0.05, 0.1) is 24.6 Å². The molecule has 2 rings (SSSR count). The van der Waals surface area contributed by atoms with Crippen LogP contribution >= 0.6 is 0 Å². The summed E-state index contributed by atoms with van der Waals surface area (Å²) in [5.41, 5.74) is 7.51. The maximum atomic E-state index is 12.3. The van der Waals surface area contributed by atoms with Gasteiger partial charge in [-0.3, -0.25) is 9.48 Å². The first kappa shape index (κ1) is 14.6. The van der Waals surface area contributed by atoms with Crippen molar-refractivity contribution in [1.29, 1.82) is 0 Å². The van der Waals surface area contributed by atoms with Crippen LogP contribution in [0.5, 0.6) is 0 Å². The molecule has 1 aliphatic rings. The first-order valence-corrected chi connectivity index (χ1v) is 6.97. The standard InChI is InChI=1S/C13H23N5O2/c1-4-5-15-12(19)10-8-20-7-6-18(10)13-11(14)9(2)16-17(13)3/h10H,4-8,14H2,1-3H3,(H,15,19). The van der Waals surface area contributed by atoms with E-state index in [4.69, 9.17) is 10.5 Å². The summed E-state index contributed by atoms with van der Waals surface area (Å²) in [4.78, 5) is 14.3. The lowest BCUT2D eigenvalue weighted by molar-refractivity contribution is -0.124. The molecule has 1 aliphatic heterocycles. The number of amides is 1. The quantitative estimate of drug-likeness (QED) is 0.814. The zero-order valence-electron chi connectivity index (χ0n) is 12.3. The van der Waals surface area contributed by atoms with E-state index in [0.717, 1.165) is 17.9 Å². The van der Waals surface area contributed by atoms with Gasteiger partial charge in [0.25, 0.3) is 0 Å². The predicted octanol–water partition coefficient (Wildman–Crippen LogP) is 0.0421. The van der Waals surface area contributed by atoms with E-state index in [-0.39, 0.29) is 11.9 Å². The number of aromatic nitrogens is 2. The van der Waals surface area contributed by atoms with Gasteiger partial charge in [-0.05, 0) is 13.3 Å². The fourth-order valence-electron chi connectivity index (χ4n) is 2.44. The molecule has 0 aliphatic carbocycles. The van der Waals surface area contributed by atoms with Crippen LogP contribution in [-0.2, 0) is 16.6 Å². The summed E-state index contributed by atoms with van der Waals surface area (Å²) < 4.78 is 7.18. The SMILES string of the molecule is CCCNC(=O)C1COCCN1c1c(N)c(C)nn1C. The monoisotopic (exact) mass is 281 g/mol. The second kappa shape index (κ2) is 6.13. The van der Waals surface area contributed by atoms with Crippen LogP contribution in [0, 0.1) is 6.92 Å². The Morgan fingerprint density at radius 2 is 2.35 bits per heavy atom. The highest BCUT2D eigenvalue weighted by atomic mass is 16.5. The van der Waals surface area contributed by atoms with Crippen LogP contribution in [0.15, 0.2) is 0 Å². The number of ether oxygens (including phenoxy) is 1. The van der Waals surface area contributed by atoms with Crippen molar-refractivity contribution in [3.63, 3.8) is 0 Å². The fourth-order valence-corrected chi connectivity index (χ4v) is 2.44. The van der Waals surface area contributed by atoms with E-state index in [9.17, 15) is 4.79 Å². The Kier molecular flexibility index (Phi) is 4.49. The highest BCUT2D eigenvalue weighted by Gasteiger charge is 2.32. The lowest BCUT2D eigenvalue weighted by Crippen LogP contribution is -2.54. The van der Waals surface area contributed by atoms with Crippen molar-refractivity contribution in [2.24, 2.45) is 7.05 Å². The molecule has 1 unspecified atom stereocenters. The van der Waals surface area contributed by atoms with Gasteiger partial charge in [0.15, 0.2) is 5.82 Å². The minimum Gasteiger partial charge on any atom is -0.394 e. The van der Waals surface area contributed by atoms with Gasteiger partial charge in [0, 0.05) is 20.1 Å². The highest BCUT2D eigenvalue weighted by Crippen LogP contribution is 2.28. The average Bonchev–Trinajstić information content (AvgIpc) is 2.69. The maximum absolute atomic E-state index is 12.3. The predicted molar refractivity (Wildman–Crippen MR) is 77.6 cm³/mol. The van der Waals surface area contributed by atoms with Crippen molar-refractivity contribution >= 4 is 17.4 Å².